The lowest BCUT2D eigenvalue weighted by atomic mass is 10.2. The van der Waals surface area contributed by atoms with Gasteiger partial charge in [0.15, 0.2) is 0 Å². The van der Waals surface area contributed by atoms with Gasteiger partial charge >= 0.3 is 0 Å². The lowest BCUT2D eigenvalue weighted by Gasteiger charge is -2.10. The maximum absolute atomic E-state index is 6.17. The number of hydrogen-bond donors (Lipinski definition) is 1. The molecule has 1 aliphatic rings. The second kappa shape index (κ2) is 4.07. The van der Waals surface area contributed by atoms with Crippen molar-refractivity contribution in [2.75, 3.05) is 11.9 Å². The molecule has 4 heteroatoms. The van der Waals surface area contributed by atoms with Gasteiger partial charge in [0.25, 0.3) is 0 Å². The summed E-state index contributed by atoms with van der Waals surface area (Å²) in [5, 5.41) is 5.12. The van der Waals surface area contributed by atoms with Crippen LogP contribution in [-0.4, -0.2) is 11.5 Å². The van der Waals surface area contributed by atoms with E-state index in [1.165, 1.54) is 11.3 Å². The van der Waals surface area contributed by atoms with Gasteiger partial charge in [-0.3, -0.25) is 0 Å². The summed E-state index contributed by atoms with van der Waals surface area (Å²) in [6.07, 6.45) is 2.32. The van der Waals surface area contributed by atoms with Gasteiger partial charge in [0.1, 0.15) is 10.8 Å². The first kappa shape index (κ1) is 10.1. The maximum Gasteiger partial charge on any atom is 0.140 e. The van der Waals surface area contributed by atoms with E-state index in [1.54, 1.807) is 11.3 Å². The van der Waals surface area contributed by atoms with Crippen LogP contribution in [0.3, 0.4) is 0 Å². The number of aromatic nitrogens is 1. The van der Waals surface area contributed by atoms with E-state index in [1.807, 2.05) is 24.3 Å². The zero-order valence-electron chi connectivity index (χ0n) is 8.66. The molecule has 0 unspecified atom stereocenters. The summed E-state index contributed by atoms with van der Waals surface area (Å²) >= 11 is 7.91. The van der Waals surface area contributed by atoms with Crippen LogP contribution in [0.2, 0.25) is 5.02 Å². The van der Waals surface area contributed by atoms with Gasteiger partial charge < -0.3 is 5.32 Å². The van der Waals surface area contributed by atoms with Crippen molar-refractivity contribution >= 4 is 28.8 Å². The molecule has 0 saturated heterocycles. The highest BCUT2D eigenvalue weighted by molar-refractivity contribution is 7.15. The lowest BCUT2D eigenvalue weighted by Crippen LogP contribution is -2.09. The van der Waals surface area contributed by atoms with Crippen LogP contribution >= 0.6 is 22.9 Å². The van der Waals surface area contributed by atoms with Crippen molar-refractivity contribution in [1.29, 1.82) is 0 Å². The summed E-state index contributed by atoms with van der Waals surface area (Å²) in [7, 11) is 0. The molecular weight excluding hydrogens is 240 g/mol. The minimum Gasteiger partial charge on any atom is -0.369 e. The molecule has 0 aliphatic carbocycles. The quantitative estimate of drug-likeness (QED) is 0.832. The van der Waals surface area contributed by atoms with Crippen LogP contribution in [0.1, 0.15) is 11.3 Å². The third-order valence-corrected chi connectivity index (χ3v) is 4.15. The van der Waals surface area contributed by atoms with Crippen LogP contribution in [0.25, 0.3) is 10.6 Å². The Morgan fingerprint density at radius 1 is 1.31 bits per heavy atom. The number of nitrogens with zero attached hydrogens (tertiary/aromatic N) is 1. The normalized spacial score (nSPS) is 14.3. The number of thiazole rings is 1. The molecule has 1 aromatic heterocycles. The molecule has 2 aromatic rings. The van der Waals surface area contributed by atoms with Crippen LogP contribution in [0.4, 0.5) is 5.82 Å². The molecule has 2 nitrogen and oxygen atoms in total. The Morgan fingerprint density at radius 2 is 2.19 bits per heavy atom. The van der Waals surface area contributed by atoms with Gasteiger partial charge in [-0.15, -0.1) is 11.3 Å². The van der Waals surface area contributed by atoms with Crippen LogP contribution in [-0.2, 0) is 6.42 Å². The van der Waals surface area contributed by atoms with E-state index in [-0.39, 0.29) is 0 Å². The van der Waals surface area contributed by atoms with Crippen molar-refractivity contribution in [2.24, 2.45) is 0 Å². The number of nitrogens with one attached hydrogen (secondary N) is 1. The molecule has 1 aromatic carbocycles. The summed E-state index contributed by atoms with van der Waals surface area (Å²) in [5.41, 5.74) is 1.03. The SMILES string of the molecule is Clc1ccccc1-c1nc2c(s1)CCCN2. The van der Waals surface area contributed by atoms with E-state index in [4.69, 9.17) is 11.6 Å². The van der Waals surface area contributed by atoms with Crippen molar-refractivity contribution < 1.29 is 0 Å². The van der Waals surface area contributed by atoms with Crippen molar-refractivity contribution in [2.45, 2.75) is 12.8 Å². The van der Waals surface area contributed by atoms with E-state index in [0.29, 0.717) is 0 Å². The molecule has 1 N–H and O–H groups in total. The molecule has 1 aliphatic heterocycles. The molecule has 16 heavy (non-hydrogen) atoms. The molecule has 82 valence electrons. The van der Waals surface area contributed by atoms with E-state index >= 15 is 0 Å². The van der Waals surface area contributed by atoms with Gasteiger partial charge in [-0.25, -0.2) is 4.98 Å². The monoisotopic (exact) mass is 250 g/mol. The van der Waals surface area contributed by atoms with Crippen molar-refractivity contribution in [3.8, 4) is 10.6 Å². The molecule has 0 bridgehead atoms. The van der Waals surface area contributed by atoms with E-state index in [0.717, 1.165) is 34.4 Å². The maximum atomic E-state index is 6.17. The average Bonchev–Trinajstić information content (AvgIpc) is 2.73. The number of halogens is 1. The number of aryl methyl sites for hydroxylation is 1. The van der Waals surface area contributed by atoms with E-state index in [9.17, 15) is 0 Å². The number of anilines is 1. The Labute approximate surface area is 103 Å². The smallest absolute Gasteiger partial charge is 0.140 e. The fourth-order valence-corrected chi connectivity index (χ4v) is 3.27. The molecule has 0 saturated carbocycles. The predicted molar refractivity (Wildman–Crippen MR) is 69.4 cm³/mol. The molecule has 0 radical (unpaired) electrons. The van der Waals surface area contributed by atoms with Crippen LogP contribution in [0, 0.1) is 0 Å². The second-order valence-electron chi connectivity index (χ2n) is 3.80. The van der Waals surface area contributed by atoms with Gasteiger partial charge in [-0.05, 0) is 18.9 Å². The number of hydrogen-bond acceptors (Lipinski definition) is 3. The fraction of sp³-hybridized carbons (Fsp3) is 0.250. The first-order chi connectivity index (χ1) is 7.84. The Hall–Kier alpha value is -1.06. The van der Waals surface area contributed by atoms with Crippen molar-refractivity contribution in [1.82, 2.24) is 4.98 Å². The van der Waals surface area contributed by atoms with E-state index in [2.05, 4.69) is 10.3 Å². The lowest BCUT2D eigenvalue weighted by molar-refractivity contribution is 0.837. The first-order valence-corrected chi connectivity index (χ1v) is 6.52. The van der Waals surface area contributed by atoms with Gasteiger partial charge in [-0.1, -0.05) is 29.8 Å². The van der Waals surface area contributed by atoms with Gasteiger partial charge in [0.2, 0.25) is 0 Å². The molecule has 0 amide bonds. The Morgan fingerprint density at radius 3 is 3.00 bits per heavy atom. The highest BCUT2D eigenvalue weighted by Gasteiger charge is 2.16. The third-order valence-electron chi connectivity index (χ3n) is 2.67. The third kappa shape index (κ3) is 1.70. The number of fused-ring (bicyclic) bond motifs is 1. The fourth-order valence-electron chi connectivity index (χ4n) is 1.86. The summed E-state index contributed by atoms with van der Waals surface area (Å²) in [6.45, 7) is 1.03. The topological polar surface area (TPSA) is 24.9 Å². The highest BCUT2D eigenvalue weighted by atomic mass is 35.5. The van der Waals surface area contributed by atoms with Crippen molar-refractivity contribution in [3.05, 3.63) is 34.2 Å². The van der Waals surface area contributed by atoms with Crippen LogP contribution in [0.15, 0.2) is 24.3 Å². The second-order valence-corrected chi connectivity index (χ2v) is 5.29. The number of rotatable bonds is 1. The molecule has 0 spiro atoms. The summed E-state index contributed by atoms with van der Waals surface area (Å²) in [5.74, 6) is 1.05. The molecule has 3 rings (SSSR count). The summed E-state index contributed by atoms with van der Waals surface area (Å²) < 4.78 is 0. The molecule has 2 heterocycles. The average molecular weight is 251 g/mol. The van der Waals surface area contributed by atoms with Gasteiger partial charge in [-0.2, -0.15) is 0 Å². The summed E-state index contributed by atoms with van der Waals surface area (Å²) in [6, 6.07) is 7.87. The number of benzene rings is 1. The molecule has 0 fully saturated rings. The summed E-state index contributed by atoms with van der Waals surface area (Å²) in [4.78, 5) is 5.95. The highest BCUT2D eigenvalue weighted by Crippen LogP contribution is 2.36. The van der Waals surface area contributed by atoms with Crippen LogP contribution in [0.5, 0.6) is 0 Å². The Balaban J connectivity index is 2.07. The zero-order valence-corrected chi connectivity index (χ0v) is 10.2. The standard InChI is InChI=1S/C12H11ClN2S/c13-9-5-2-1-4-8(9)12-15-11-10(16-12)6-3-7-14-11/h1-2,4-5,14H,3,6-7H2. The van der Waals surface area contributed by atoms with E-state index < -0.39 is 0 Å². The van der Waals surface area contributed by atoms with Crippen LogP contribution < -0.4 is 5.32 Å². The minimum atomic E-state index is 0.772. The zero-order chi connectivity index (χ0) is 11.0. The van der Waals surface area contributed by atoms with Crippen molar-refractivity contribution in [3.63, 3.8) is 0 Å². The predicted octanol–water partition coefficient (Wildman–Crippen LogP) is 3.82. The molecular formula is C12H11ClN2S. The van der Waals surface area contributed by atoms with Gasteiger partial charge in [0, 0.05) is 17.0 Å². The minimum absolute atomic E-state index is 0.772. The van der Waals surface area contributed by atoms with Gasteiger partial charge in [0.05, 0.1) is 5.02 Å². The molecule has 0 atom stereocenters. The largest absolute Gasteiger partial charge is 0.369 e. The Bertz CT molecular complexity index is 498. The first-order valence-electron chi connectivity index (χ1n) is 5.33. The Kier molecular flexibility index (Phi) is 2.58.